The lowest BCUT2D eigenvalue weighted by Crippen LogP contribution is -2.02. The highest BCUT2D eigenvalue weighted by Gasteiger charge is 2.14. The molecule has 2 aromatic carbocycles. The minimum Gasteiger partial charge on any atom is -0.496 e. The molecule has 6 nitrogen and oxygen atoms in total. The largest absolute Gasteiger partial charge is 0.496 e. The van der Waals surface area contributed by atoms with Crippen molar-refractivity contribution in [2.75, 3.05) is 18.7 Å². The van der Waals surface area contributed by atoms with E-state index >= 15 is 0 Å². The normalized spacial score (nSPS) is 11.3. The van der Waals surface area contributed by atoms with Crippen LogP contribution in [0.5, 0.6) is 5.75 Å². The summed E-state index contributed by atoms with van der Waals surface area (Å²) in [4.78, 5) is 8.56. The molecule has 0 amide bonds. The van der Waals surface area contributed by atoms with Crippen LogP contribution in [0.4, 0.5) is 16.0 Å². The van der Waals surface area contributed by atoms with Crippen molar-refractivity contribution in [2.24, 2.45) is 0 Å². The van der Waals surface area contributed by atoms with Crippen molar-refractivity contribution < 1.29 is 17.5 Å². The van der Waals surface area contributed by atoms with E-state index in [1.54, 1.807) is 24.3 Å². The molecule has 0 fully saturated rings. The standard InChI is InChI=1S/C19H17ClFN3O3S/c1-27-17-9-13(21)6-7-15(17)18-16(20)10-22-19(24-18)23-14-5-3-4-12(8-14)11-28(2,25)26/h3-10H,11H2,1-2H3,(H,22,23,24). The molecule has 1 aromatic heterocycles. The molecule has 146 valence electrons. The smallest absolute Gasteiger partial charge is 0.227 e. The Morgan fingerprint density at radius 1 is 1.21 bits per heavy atom. The van der Waals surface area contributed by atoms with Crippen LogP contribution in [0.15, 0.2) is 48.7 Å². The molecular formula is C19H17ClFN3O3S. The molecular weight excluding hydrogens is 405 g/mol. The zero-order valence-electron chi connectivity index (χ0n) is 15.1. The van der Waals surface area contributed by atoms with Crippen LogP contribution in [0.3, 0.4) is 0 Å². The fraction of sp³-hybridized carbons (Fsp3) is 0.158. The number of hydrogen-bond donors (Lipinski definition) is 1. The second-order valence-electron chi connectivity index (χ2n) is 6.13. The predicted molar refractivity (Wildman–Crippen MR) is 107 cm³/mol. The number of hydrogen-bond acceptors (Lipinski definition) is 6. The van der Waals surface area contributed by atoms with Gasteiger partial charge in [-0.25, -0.2) is 22.8 Å². The van der Waals surface area contributed by atoms with Gasteiger partial charge in [0.1, 0.15) is 11.6 Å². The lowest BCUT2D eigenvalue weighted by Gasteiger charge is -2.12. The van der Waals surface area contributed by atoms with Crippen LogP contribution < -0.4 is 10.1 Å². The molecule has 0 unspecified atom stereocenters. The summed E-state index contributed by atoms with van der Waals surface area (Å²) in [5.74, 6) is 0.0398. The van der Waals surface area contributed by atoms with Gasteiger partial charge in [-0.1, -0.05) is 23.7 Å². The average Bonchev–Trinajstić information content (AvgIpc) is 2.62. The number of aromatic nitrogens is 2. The number of anilines is 2. The van der Waals surface area contributed by atoms with Crippen molar-refractivity contribution in [3.63, 3.8) is 0 Å². The summed E-state index contributed by atoms with van der Waals surface area (Å²) >= 11 is 6.23. The van der Waals surface area contributed by atoms with Crippen LogP contribution in [0.1, 0.15) is 5.56 Å². The number of ether oxygens (including phenoxy) is 1. The maximum Gasteiger partial charge on any atom is 0.227 e. The third kappa shape index (κ3) is 4.96. The van der Waals surface area contributed by atoms with E-state index in [4.69, 9.17) is 16.3 Å². The van der Waals surface area contributed by atoms with E-state index in [0.717, 1.165) is 0 Å². The van der Waals surface area contributed by atoms with Crippen LogP contribution in [0, 0.1) is 5.82 Å². The van der Waals surface area contributed by atoms with Crippen LogP contribution in [-0.2, 0) is 15.6 Å². The Morgan fingerprint density at radius 2 is 2.00 bits per heavy atom. The number of halogens is 2. The molecule has 0 atom stereocenters. The number of nitrogens with zero attached hydrogens (tertiary/aromatic N) is 2. The van der Waals surface area contributed by atoms with Gasteiger partial charge in [0, 0.05) is 23.6 Å². The van der Waals surface area contributed by atoms with Gasteiger partial charge in [-0.05, 0) is 29.8 Å². The van der Waals surface area contributed by atoms with Gasteiger partial charge in [0.05, 0.1) is 29.8 Å². The first kappa shape index (κ1) is 20.0. The highest BCUT2D eigenvalue weighted by atomic mass is 35.5. The Hall–Kier alpha value is -2.71. The molecule has 0 spiro atoms. The van der Waals surface area contributed by atoms with E-state index in [1.165, 1.54) is 37.8 Å². The fourth-order valence-electron chi connectivity index (χ4n) is 2.65. The van der Waals surface area contributed by atoms with Gasteiger partial charge < -0.3 is 10.1 Å². The molecule has 0 bridgehead atoms. The van der Waals surface area contributed by atoms with Crippen molar-refractivity contribution in [1.29, 1.82) is 0 Å². The number of sulfone groups is 1. The molecule has 0 radical (unpaired) electrons. The first-order valence-electron chi connectivity index (χ1n) is 8.15. The lowest BCUT2D eigenvalue weighted by atomic mass is 10.1. The topological polar surface area (TPSA) is 81.2 Å². The van der Waals surface area contributed by atoms with E-state index in [9.17, 15) is 12.8 Å². The zero-order valence-corrected chi connectivity index (χ0v) is 16.7. The molecule has 3 rings (SSSR count). The summed E-state index contributed by atoms with van der Waals surface area (Å²) in [6, 6.07) is 11.0. The van der Waals surface area contributed by atoms with Gasteiger partial charge in [-0.2, -0.15) is 0 Å². The highest BCUT2D eigenvalue weighted by molar-refractivity contribution is 7.89. The number of benzene rings is 2. The maximum absolute atomic E-state index is 13.5. The van der Waals surface area contributed by atoms with Crippen molar-refractivity contribution in [1.82, 2.24) is 9.97 Å². The molecule has 9 heteroatoms. The Morgan fingerprint density at radius 3 is 2.71 bits per heavy atom. The molecule has 28 heavy (non-hydrogen) atoms. The van der Waals surface area contributed by atoms with Gasteiger partial charge in [-0.15, -0.1) is 0 Å². The van der Waals surface area contributed by atoms with E-state index in [0.29, 0.717) is 28.3 Å². The van der Waals surface area contributed by atoms with Crippen LogP contribution in [0.2, 0.25) is 5.02 Å². The zero-order chi connectivity index (χ0) is 20.3. The predicted octanol–water partition coefficient (Wildman–Crippen LogP) is 4.23. The van der Waals surface area contributed by atoms with E-state index in [2.05, 4.69) is 15.3 Å². The molecule has 1 N–H and O–H groups in total. The third-order valence-corrected chi connectivity index (χ3v) is 4.91. The Kier molecular flexibility index (Phi) is 5.81. The quantitative estimate of drug-likeness (QED) is 0.641. The van der Waals surface area contributed by atoms with E-state index in [1.807, 2.05) is 0 Å². The summed E-state index contributed by atoms with van der Waals surface area (Å²) in [7, 11) is -1.72. The van der Waals surface area contributed by atoms with Gasteiger partial charge in [0.15, 0.2) is 9.84 Å². The monoisotopic (exact) mass is 421 g/mol. The van der Waals surface area contributed by atoms with E-state index in [-0.39, 0.29) is 16.7 Å². The summed E-state index contributed by atoms with van der Waals surface area (Å²) < 4.78 is 41.7. The summed E-state index contributed by atoms with van der Waals surface area (Å²) in [6.07, 6.45) is 2.60. The lowest BCUT2D eigenvalue weighted by molar-refractivity contribution is 0.413. The van der Waals surface area contributed by atoms with Gasteiger partial charge in [0.2, 0.25) is 5.95 Å². The van der Waals surface area contributed by atoms with Crippen molar-refractivity contribution in [3.05, 3.63) is 65.1 Å². The molecule has 0 saturated carbocycles. The third-order valence-electron chi connectivity index (χ3n) is 3.77. The van der Waals surface area contributed by atoms with Gasteiger partial charge >= 0.3 is 0 Å². The van der Waals surface area contributed by atoms with Crippen LogP contribution in [0.25, 0.3) is 11.3 Å². The maximum atomic E-state index is 13.5. The average molecular weight is 422 g/mol. The minimum absolute atomic E-state index is 0.0674. The molecule has 3 aromatic rings. The fourth-order valence-corrected chi connectivity index (χ4v) is 3.63. The second kappa shape index (κ2) is 8.12. The molecule has 0 saturated heterocycles. The van der Waals surface area contributed by atoms with Crippen molar-refractivity contribution in [2.45, 2.75) is 5.75 Å². The molecule has 0 aliphatic carbocycles. The first-order valence-corrected chi connectivity index (χ1v) is 10.6. The van der Waals surface area contributed by atoms with Crippen molar-refractivity contribution in [3.8, 4) is 17.0 Å². The second-order valence-corrected chi connectivity index (χ2v) is 8.68. The Labute approximate surface area is 167 Å². The highest BCUT2D eigenvalue weighted by Crippen LogP contribution is 2.34. The minimum atomic E-state index is -3.15. The molecule has 0 aliphatic rings. The first-order chi connectivity index (χ1) is 13.2. The van der Waals surface area contributed by atoms with Crippen LogP contribution >= 0.6 is 11.6 Å². The van der Waals surface area contributed by atoms with Gasteiger partial charge in [0.25, 0.3) is 0 Å². The van der Waals surface area contributed by atoms with E-state index < -0.39 is 15.7 Å². The number of rotatable bonds is 6. The Bertz CT molecular complexity index is 1120. The summed E-state index contributed by atoms with van der Waals surface area (Å²) in [5.41, 5.74) is 2.16. The summed E-state index contributed by atoms with van der Waals surface area (Å²) in [5, 5.41) is 3.30. The Balaban J connectivity index is 1.94. The molecule has 1 heterocycles. The number of nitrogens with one attached hydrogen (secondary N) is 1. The summed E-state index contributed by atoms with van der Waals surface area (Å²) in [6.45, 7) is 0. The molecule has 0 aliphatic heterocycles. The van der Waals surface area contributed by atoms with Gasteiger partial charge in [-0.3, -0.25) is 0 Å². The van der Waals surface area contributed by atoms with Crippen molar-refractivity contribution >= 4 is 33.1 Å². The van der Waals surface area contributed by atoms with Crippen LogP contribution in [-0.4, -0.2) is 31.8 Å². The number of methoxy groups -OCH3 is 1. The SMILES string of the molecule is COc1cc(F)ccc1-c1nc(Nc2cccc(CS(C)(=O)=O)c2)ncc1Cl.